The van der Waals surface area contributed by atoms with Crippen molar-refractivity contribution in [2.45, 2.75) is 33.3 Å². The van der Waals surface area contributed by atoms with Crippen LogP contribution < -0.4 is 21.7 Å². The lowest BCUT2D eigenvalue weighted by Gasteiger charge is -2.28. The average molecular weight is 606 g/mol. The van der Waals surface area contributed by atoms with Gasteiger partial charge < -0.3 is 21.7 Å². The molecule has 2 amide bonds. The first-order valence-corrected chi connectivity index (χ1v) is 13.0. The fourth-order valence-electron chi connectivity index (χ4n) is 3.39. The van der Waals surface area contributed by atoms with Gasteiger partial charge in [0.25, 0.3) is 0 Å². The van der Waals surface area contributed by atoms with E-state index in [0.717, 1.165) is 5.06 Å². The maximum absolute atomic E-state index is 12.9. The van der Waals surface area contributed by atoms with Crippen LogP contribution in [0.15, 0.2) is 36.5 Å². The van der Waals surface area contributed by atoms with Crippen molar-refractivity contribution in [1.29, 1.82) is 0 Å². The van der Waals surface area contributed by atoms with Crippen LogP contribution in [0, 0.1) is 10.1 Å². The molecule has 0 aliphatic rings. The number of aromatic nitrogens is 3. The molecule has 41 heavy (non-hydrogen) atoms. The third kappa shape index (κ3) is 9.13. The number of hydrogen-bond acceptors (Lipinski definition) is 11. The number of nitrogen functional groups attached to an aromatic ring is 1. The summed E-state index contributed by atoms with van der Waals surface area (Å²) >= 11 is 12.5. The van der Waals surface area contributed by atoms with Crippen LogP contribution in [-0.4, -0.2) is 62.0 Å². The standard InChI is InChI=1S/C25H29Cl2N9O5/c1-14(37)35(41-25(2,3)4)13-21(38)32-18-12-31-24(34-22(18)16-6-5-15(26)11-17(16)27)30-10-9-29-20-8-7-19(36(39)40)23(28)33-20/h5-8,11-12H,9-10,13H2,1-4H3,(H,32,38)(H3,28,29,33)(H,30,31,34). The second-order valence-electron chi connectivity index (χ2n) is 9.60. The predicted molar refractivity (Wildman–Crippen MR) is 157 cm³/mol. The molecular formula is C25H29Cl2N9O5. The maximum Gasteiger partial charge on any atom is 0.311 e. The van der Waals surface area contributed by atoms with Crippen LogP contribution in [0.5, 0.6) is 0 Å². The number of hydrogen-bond donors (Lipinski definition) is 4. The second kappa shape index (κ2) is 13.4. The van der Waals surface area contributed by atoms with Gasteiger partial charge >= 0.3 is 5.69 Å². The Balaban J connectivity index is 1.76. The van der Waals surface area contributed by atoms with Gasteiger partial charge in [0.1, 0.15) is 18.1 Å². The number of nitrogens with two attached hydrogens (primary N) is 1. The summed E-state index contributed by atoms with van der Waals surface area (Å²) in [6.07, 6.45) is 1.40. The van der Waals surface area contributed by atoms with Crippen LogP contribution in [0.1, 0.15) is 27.7 Å². The van der Waals surface area contributed by atoms with Crippen LogP contribution in [0.2, 0.25) is 10.0 Å². The number of hydroxylamine groups is 2. The predicted octanol–water partition coefficient (Wildman–Crippen LogP) is 4.38. The van der Waals surface area contributed by atoms with E-state index in [-0.39, 0.29) is 29.7 Å². The smallest absolute Gasteiger partial charge is 0.311 e. The van der Waals surface area contributed by atoms with Crippen molar-refractivity contribution in [3.05, 3.63) is 56.7 Å². The van der Waals surface area contributed by atoms with Crippen LogP contribution in [0.25, 0.3) is 11.3 Å². The zero-order valence-corrected chi connectivity index (χ0v) is 24.2. The normalized spacial score (nSPS) is 11.1. The Bertz CT molecular complexity index is 1450. The van der Waals surface area contributed by atoms with Gasteiger partial charge in [0, 0.05) is 36.7 Å². The summed E-state index contributed by atoms with van der Waals surface area (Å²) in [5.41, 5.74) is 5.68. The van der Waals surface area contributed by atoms with Crippen molar-refractivity contribution in [2.75, 3.05) is 41.3 Å². The van der Waals surface area contributed by atoms with E-state index in [2.05, 4.69) is 30.9 Å². The lowest BCUT2D eigenvalue weighted by Crippen LogP contribution is -2.41. The van der Waals surface area contributed by atoms with Gasteiger partial charge in [-0.1, -0.05) is 23.2 Å². The largest absolute Gasteiger partial charge is 0.378 e. The van der Waals surface area contributed by atoms with Crippen LogP contribution >= 0.6 is 23.2 Å². The molecule has 0 saturated heterocycles. The fraction of sp³-hybridized carbons (Fsp3) is 0.320. The number of carbonyl (C=O) groups excluding carboxylic acids is 2. The number of nitro groups is 1. The molecule has 0 saturated carbocycles. The number of nitrogens with zero attached hydrogens (tertiary/aromatic N) is 5. The molecule has 0 bridgehead atoms. The first kappa shape index (κ1) is 31.3. The molecule has 0 aliphatic carbocycles. The van der Waals surface area contributed by atoms with Crippen LogP contribution in [0.3, 0.4) is 0 Å². The molecule has 14 nitrogen and oxygen atoms in total. The number of anilines is 4. The Morgan fingerprint density at radius 3 is 2.44 bits per heavy atom. The van der Waals surface area contributed by atoms with Crippen LogP contribution in [0.4, 0.5) is 29.0 Å². The Morgan fingerprint density at radius 2 is 1.83 bits per heavy atom. The highest BCUT2D eigenvalue weighted by Crippen LogP contribution is 2.34. The zero-order chi connectivity index (χ0) is 30.3. The summed E-state index contributed by atoms with van der Waals surface area (Å²) in [5.74, 6) is -0.595. The van der Waals surface area contributed by atoms with Gasteiger partial charge in [0.2, 0.25) is 23.6 Å². The highest BCUT2D eigenvalue weighted by atomic mass is 35.5. The maximum atomic E-state index is 12.9. The number of amides is 2. The highest BCUT2D eigenvalue weighted by molar-refractivity contribution is 6.36. The number of nitrogens with one attached hydrogen (secondary N) is 3. The van der Waals surface area contributed by atoms with Gasteiger partial charge in [-0.15, -0.1) is 0 Å². The summed E-state index contributed by atoms with van der Waals surface area (Å²) in [6.45, 7) is 6.88. The molecule has 3 rings (SSSR count). The number of pyridine rings is 1. The molecule has 0 atom stereocenters. The fourth-order valence-corrected chi connectivity index (χ4v) is 3.89. The molecule has 0 radical (unpaired) electrons. The molecular weight excluding hydrogens is 577 g/mol. The molecule has 16 heteroatoms. The minimum atomic E-state index is -0.694. The SMILES string of the molecule is CC(=O)N(CC(=O)Nc1cnc(NCCNc2ccc([N+](=O)[O-])c(N)n2)nc1-c1ccc(Cl)cc1Cl)OC(C)(C)C. The number of benzene rings is 1. The van der Waals surface area contributed by atoms with Crippen LogP contribution in [-0.2, 0) is 14.4 Å². The van der Waals surface area contributed by atoms with E-state index < -0.39 is 22.3 Å². The van der Waals surface area contributed by atoms with Gasteiger partial charge in [0.05, 0.1) is 27.4 Å². The monoisotopic (exact) mass is 605 g/mol. The molecule has 3 aromatic rings. The Labute approximate surface area is 245 Å². The number of halogens is 2. The lowest BCUT2D eigenvalue weighted by molar-refractivity contribution is -0.384. The molecule has 218 valence electrons. The minimum absolute atomic E-state index is 0.199. The van der Waals surface area contributed by atoms with Gasteiger partial charge in [-0.05, 0) is 45.0 Å². The Kier molecular flexibility index (Phi) is 10.2. The van der Waals surface area contributed by atoms with E-state index in [4.69, 9.17) is 33.8 Å². The van der Waals surface area contributed by atoms with Crippen molar-refractivity contribution >= 4 is 64.0 Å². The minimum Gasteiger partial charge on any atom is -0.378 e. The Hall–Kier alpha value is -4.27. The third-order valence-electron chi connectivity index (χ3n) is 5.08. The van der Waals surface area contributed by atoms with E-state index in [1.165, 1.54) is 25.3 Å². The molecule has 5 N–H and O–H groups in total. The van der Waals surface area contributed by atoms with E-state index in [0.29, 0.717) is 40.2 Å². The molecule has 2 heterocycles. The molecule has 2 aromatic heterocycles. The summed E-state index contributed by atoms with van der Waals surface area (Å²) in [5, 5.41) is 21.4. The van der Waals surface area contributed by atoms with Crippen molar-refractivity contribution in [1.82, 2.24) is 20.0 Å². The topological polar surface area (TPSA) is 191 Å². The third-order valence-corrected chi connectivity index (χ3v) is 5.63. The average Bonchev–Trinajstić information content (AvgIpc) is 2.86. The first-order chi connectivity index (χ1) is 19.2. The molecule has 0 unspecified atom stereocenters. The molecule has 1 aromatic carbocycles. The molecule has 0 spiro atoms. The molecule has 0 aliphatic heterocycles. The van der Waals surface area contributed by atoms with Gasteiger partial charge in [-0.3, -0.25) is 24.5 Å². The van der Waals surface area contributed by atoms with E-state index in [1.54, 1.807) is 39.0 Å². The van der Waals surface area contributed by atoms with Crippen molar-refractivity contribution in [3.8, 4) is 11.3 Å². The van der Waals surface area contributed by atoms with Crippen molar-refractivity contribution in [3.63, 3.8) is 0 Å². The summed E-state index contributed by atoms with van der Waals surface area (Å²) in [6, 6.07) is 7.54. The lowest BCUT2D eigenvalue weighted by atomic mass is 10.1. The van der Waals surface area contributed by atoms with E-state index in [9.17, 15) is 19.7 Å². The van der Waals surface area contributed by atoms with Crippen molar-refractivity contribution in [2.24, 2.45) is 0 Å². The van der Waals surface area contributed by atoms with Gasteiger partial charge in [0.15, 0.2) is 0 Å². The number of rotatable bonds is 11. The Morgan fingerprint density at radius 1 is 1.12 bits per heavy atom. The summed E-state index contributed by atoms with van der Waals surface area (Å²) in [7, 11) is 0. The summed E-state index contributed by atoms with van der Waals surface area (Å²) in [4.78, 5) is 53.5. The van der Waals surface area contributed by atoms with E-state index in [1.807, 2.05) is 0 Å². The second-order valence-corrected chi connectivity index (χ2v) is 10.4. The van der Waals surface area contributed by atoms with Gasteiger partial charge in [-0.2, -0.15) is 0 Å². The highest BCUT2D eigenvalue weighted by Gasteiger charge is 2.23. The van der Waals surface area contributed by atoms with E-state index >= 15 is 0 Å². The molecule has 0 fully saturated rings. The van der Waals surface area contributed by atoms with Gasteiger partial charge in [-0.25, -0.2) is 20.0 Å². The first-order valence-electron chi connectivity index (χ1n) is 12.2. The quantitative estimate of drug-likeness (QED) is 0.138. The number of carbonyl (C=O) groups is 2. The van der Waals surface area contributed by atoms with Crippen molar-refractivity contribution < 1.29 is 19.3 Å². The summed E-state index contributed by atoms with van der Waals surface area (Å²) < 4.78 is 0. The zero-order valence-electron chi connectivity index (χ0n) is 22.7.